The van der Waals surface area contributed by atoms with Crippen LogP contribution in [-0.4, -0.2) is 49.0 Å². The van der Waals surface area contributed by atoms with Crippen LogP contribution in [0, 0.1) is 5.41 Å². The Bertz CT molecular complexity index is 1070. The Kier molecular flexibility index (Phi) is 11.5. The number of carbonyl (C=O) groups excluding carboxylic acids is 1. The lowest BCUT2D eigenvalue weighted by molar-refractivity contribution is -0.109. The molecule has 2 saturated heterocycles. The highest BCUT2D eigenvalue weighted by Crippen LogP contribution is 2.41. The van der Waals surface area contributed by atoms with E-state index in [1.165, 1.54) is 87.7 Å². The highest BCUT2D eigenvalue weighted by Gasteiger charge is 2.35. The molecule has 2 aliphatic heterocycles. The molecule has 0 saturated carbocycles. The van der Waals surface area contributed by atoms with Crippen LogP contribution in [0.25, 0.3) is 0 Å². The highest BCUT2D eigenvalue weighted by molar-refractivity contribution is 5.52. The summed E-state index contributed by atoms with van der Waals surface area (Å²) in [4.78, 5) is 15.6. The van der Waals surface area contributed by atoms with Crippen molar-refractivity contribution >= 4 is 12.0 Å². The van der Waals surface area contributed by atoms with E-state index in [4.69, 9.17) is 0 Å². The molecule has 1 aliphatic carbocycles. The Labute approximate surface area is 235 Å². The summed E-state index contributed by atoms with van der Waals surface area (Å²) in [6.45, 7) is 5.20. The first-order valence-electron chi connectivity index (χ1n) is 14.9. The average Bonchev–Trinajstić information content (AvgIpc) is 2.98. The standard InChI is InChI=1S/C19H28N2O.C10H12O.C6H6/c22-16-15-20-12-4-9-19(10-5-13-20)11-6-14-21(17-19)18-7-2-1-3-8-18;11-10-6-5-8-3-1-2-4-9(8)7-10;1-2-4-6-5-3-1/h1-3,7-8,16H,4-6,9-15,17H2;5-7,11H,1-4H2;1-6H. The van der Waals surface area contributed by atoms with Crippen molar-refractivity contribution in [3.63, 3.8) is 0 Å². The van der Waals surface area contributed by atoms with Gasteiger partial charge in [0.1, 0.15) is 12.0 Å². The van der Waals surface area contributed by atoms with Gasteiger partial charge in [0.05, 0.1) is 6.54 Å². The molecule has 0 bridgehead atoms. The first kappa shape index (κ1) is 28.9. The van der Waals surface area contributed by atoms with Gasteiger partial charge in [-0.05, 0) is 118 Å². The summed E-state index contributed by atoms with van der Waals surface area (Å²) in [6, 6.07) is 28.6. The Morgan fingerprint density at radius 3 is 1.87 bits per heavy atom. The van der Waals surface area contributed by atoms with Crippen molar-refractivity contribution in [1.82, 2.24) is 4.90 Å². The first-order chi connectivity index (χ1) is 19.2. The van der Waals surface area contributed by atoms with E-state index in [0.717, 1.165) is 25.8 Å². The van der Waals surface area contributed by atoms with Crippen LogP contribution in [0.4, 0.5) is 5.69 Å². The van der Waals surface area contributed by atoms with Gasteiger partial charge in [-0.3, -0.25) is 4.90 Å². The van der Waals surface area contributed by atoms with Gasteiger partial charge in [-0.15, -0.1) is 0 Å². The van der Waals surface area contributed by atoms with Crippen molar-refractivity contribution in [3.8, 4) is 5.75 Å². The van der Waals surface area contributed by atoms with E-state index in [1.807, 2.05) is 48.5 Å². The van der Waals surface area contributed by atoms with Gasteiger partial charge in [0.2, 0.25) is 0 Å². The number of likely N-dealkylation sites (tertiary alicyclic amines) is 1. The second-order valence-electron chi connectivity index (χ2n) is 11.3. The van der Waals surface area contributed by atoms with Gasteiger partial charge >= 0.3 is 0 Å². The van der Waals surface area contributed by atoms with Gasteiger partial charge in [-0.1, -0.05) is 60.7 Å². The molecule has 0 unspecified atom stereocenters. The monoisotopic (exact) mass is 526 g/mol. The number of para-hydroxylation sites is 1. The molecule has 208 valence electrons. The highest BCUT2D eigenvalue weighted by atomic mass is 16.3. The van der Waals surface area contributed by atoms with E-state index >= 15 is 0 Å². The van der Waals surface area contributed by atoms with Gasteiger partial charge in [0.15, 0.2) is 0 Å². The van der Waals surface area contributed by atoms with E-state index in [-0.39, 0.29) is 0 Å². The van der Waals surface area contributed by atoms with E-state index in [1.54, 1.807) is 6.07 Å². The van der Waals surface area contributed by atoms with Crippen LogP contribution in [-0.2, 0) is 17.6 Å². The summed E-state index contributed by atoms with van der Waals surface area (Å²) in [5.41, 5.74) is 4.65. The minimum atomic E-state index is 0.408. The predicted octanol–water partition coefficient (Wildman–Crippen LogP) is 7.31. The lowest BCUT2D eigenvalue weighted by Crippen LogP contribution is -2.45. The van der Waals surface area contributed by atoms with Crippen molar-refractivity contribution in [3.05, 3.63) is 96.1 Å². The largest absolute Gasteiger partial charge is 0.508 e. The normalized spacial score (nSPS) is 18.7. The van der Waals surface area contributed by atoms with Gasteiger partial charge in [0.25, 0.3) is 0 Å². The summed E-state index contributed by atoms with van der Waals surface area (Å²) in [7, 11) is 0. The van der Waals surface area contributed by atoms with Gasteiger partial charge in [-0.25, -0.2) is 0 Å². The number of hydrogen-bond acceptors (Lipinski definition) is 4. The summed E-state index contributed by atoms with van der Waals surface area (Å²) in [6.07, 6.45) is 13.7. The minimum Gasteiger partial charge on any atom is -0.508 e. The quantitative estimate of drug-likeness (QED) is 0.364. The maximum Gasteiger partial charge on any atom is 0.133 e. The van der Waals surface area contributed by atoms with Gasteiger partial charge in [0, 0.05) is 18.8 Å². The number of benzene rings is 3. The van der Waals surface area contributed by atoms with Crippen molar-refractivity contribution in [2.75, 3.05) is 37.6 Å². The van der Waals surface area contributed by atoms with Crippen LogP contribution >= 0.6 is 0 Å². The first-order valence-corrected chi connectivity index (χ1v) is 14.9. The van der Waals surface area contributed by atoms with Crippen LogP contribution in [0.1, 0.15) is 62.5 Å². The smallest absolute Gasteiger partial charge is 0.133 e. The molecule has 6 rings (SSSR count). The number of aromatic hydroxyl groups is 1. The topological polar surface area (TPSA) is 43.8 Å². The zero-order valence-electron chi connectivity index (χ0n) is 23.5. The molecule has 1 N–H and O–H groups in total. The maximum atomic E-state index is 10.7. The number of hydrogen-bond donors (Lipinski definition) is 1. The molecular formula is C35H46N2O2. The van der Waals surface area contributed by atoms with Crippen molar-refractivity contribution in [2.45, 2.75) is 64.2 Å². The summed E-state index contributed by atoms with van der Waals surface area (Å²) in [5, 5.41) is 9.19. The summed E-state index contributed by atoms with van der Waals surface area (Å²) >= 11 is 0. The second-order valence-corrected chi connectivity index (χ2v) is 11.3. The Morgan fingerprint density at radius 1 is 0.692 bits per heavy atom. The summed E-state index contributed by atoms with van der Waals surface area (Å²) < 4.78 is 0. The Morgan fingerprint density at radius 2 is 1.26 bits per heavy atom. The molecule has 3 aromatic rings. The van der Waals surface area contributed by atoms with Crippen LogP contribution in [0.5, 0.6) is 5.75 Å². The molecular weight excluding hydrogens is 480 g/mol. The molecule has 2 heterocycles. The zero-order chi connectivity index (χ0) is 27.2. The summed E-state index contributed by atoms with van der Waals surface area (Å²) in [5.74, 6) is 0.408. The fraction of sp³-hybridized carbons (Fsp3) is 0.457. The average molecular weight is 527 g/mol. The van der Waals surface area contributed by atoms with Crippen molar-refractivity contribution < 1.29 is 9.90 Å². The Balaban J connectivity index is 0.000000170. The number of anilines is 1. The molecule has 4 heteroatoms. The Hall–Kier alpha value is -3.11. The maximum absolute atomic E-state index is 10.7. The lowest BCUT2D eigenvalue weighted by Gasteiger charge is -2.46. The molecule has 0 amide bonds. The fourth-order valence-electron chi connectivity index (χ4n) is 6.46. The van der Waals surface area contributed by atoms with Gasteiger partial charge in [-0.2, -0.15) is 0 Å². The number of phenolic OH excluding ortho intramolecular Hbond substituents is 1. The molecule has 1 spiro atoms. The molecule has 3 aromatic carbocycles. The third-order valence-corrected chi connectivity index (χ3v) is 8.48. The molecule has 0 radical (unpaired) electrons. The van der Waals surface area contributed by atoms with Crippen molar-refractivity contribution in [2.24, 2.45) is 5.41 Å². The molecule has 2 fully saturated rings. The van der Waals surface area contributed by atoms with E-state index in [9.17, 15) is 9.90 Å². The number of piperidine rings is 1. The van der Waals surface area contributed by atoms with E-state index in [0.29, 0.717) is 17.7 Å². The second kappa shape index (κ2) is 15.5. The molecule has 0 aromatic heterocycles. The van der Waals surface area contributed by atoms with E-state index < -0.39 is 0 Å². The number of aldehydes is 1. The number of fused-ring (bicyclic) bond motifs is 1. The van der Waals surface area contributed by atoms with Crippen molar-refractivity contribution in [1.29, 1.82) is 0 Å². The lowest BCUT2D eigenvalue weighted by atomic mass is 9.72. The zero-order valence-corrected chi connectivity index (χ0v) is 23.5. The number of aryl methyl sites for hydroxylation is 2. The third-order valence-electron chi connectivity index (χ3n) is 8.48. The van der Waals surface area contributed by atoms with Gasteiger partial charge < -0.3 is 14.8 Å². The SMILES string of the molecule is O=CCN1CCCC2(CCC1)CCCN(c1ccccc1)C2.Oc1ccc2c(c1)CCCC2.c1ccccc1. The number of rotatable bonds is 3. The van der Waals surface area contributed by atoms with Crippen LogP contribution in [0.3, 0.4) is 0 Å². The van der Waals surface area contributed by atoms with Crippen LogP contribution in [0.15, 0.2) is 84.9 Å². The molecule has 39 heavy (non-hydrogen) atoms. The fourth-order valence-corrected chi connectivity index (χ4v) is 6.46. The third kappa shape index (κ3) is 9.25. The predicted molar refractivity (Wildman–Crippen MR) is 162 cm³/mol. The molecule has 3 aliphatic rings. The number of carbonyl (C=O) groups is 1. The minimum absolute atomic E-state index is 0.408. The van der Waals surface area contributed by atoms with E-state index in [2.05, 4.69) is 40.1 Å². The molecule has 4 nitrogen and oxygen atoms in total. The van der Waals surface area contributed by atoms with Crippen LogP contribution in [0.2, 0.25) is 0 Å². The molecule has 0 atom stereocenters. The number of nitrogens with zero attached hydrogens (tertiary/aromatic N) is 2. The van der Waals surface area contributed by atoms with Crippen LogP contribution < -0.4 is 4.90 Å². The number of phenols is 1.